The van der Waals surface area contributed by atoms with Gasteiger partial charge in [0, 0.05) is 25.3 Å². The van der Waals surface area contributed by atoms with Crippen molar-refractivity contribution in [2.45, 2.75) is 19.8 Å². The van der Waals surface area contributed by atoms with Crippen molar-refractivity contribution < 1.29 is 9.53 Å². The fourth-order valence-electron chi connectivity index (χ4n) is 0.753. The van der Waals surface area contributed by atoms with Crippen molar-refractivity contribution in [3.05, 3.63) is 0 Å². The third-order valence-electron chi connectivity index (χ3n) is 1.47. The van der Waals surface area contributed by atoms with Gasteiger partial charge in [0.1, 0.15) is 11.7 Å². The van der Waals surface area contributed by atoms with Crippen LogP contribution in [0.5, 0.6) is 0 Å². The van der Waals surface area contributed by atoms with E-state index in [9.17, 15) is 4.79 Å². The predicted molar refractivity (Wildman–Crippen MR) is 64.7 cm³/mol. The van der Waals surface area contributed by atoms with E-state index in [1.54, 1.807) is 28.5 Å². The Morgan fingerprint density at radius 2 is 2.21 bits per heavy atom. The maximum atomic E-state index is 10.6. The number of carbonyl (C=O) groups is 1. The summed E-state index contributed by atoms with van der Waals surface area (Å²) in [5.41, 5.74) is 0. The highest BCUT2D eigenvalue weighted by atomic mass is 33.1. The molecular weight excluding hydrogens is 218 g/mol. The normalized spacial score (nSPS) is 10.4. The summed E-state index contributed by atoms with van der Waals surface area (Å²) in [7, 11) is 5.47. The second-order valence-electron chi connectivity index (χ2n) is 2.88. The predicted octanol–water partition coefficient (Wildman–Crippen LogP) is 1.93. The molecule has 0 saturated carbocycles. The Labute approximate surface area is 94.1 Å². The second-order valence-corrected chi connectivity index (χ2v) is 5.40. The van der Waals surface area contributed by atoms with E-state index in [2.05, 4.69) is 5.32 Å². The first-order chi connectivity index (χ1) is 6.77. The van der Waals surface area contributed by atoms with E-state index in [1.165, 1.54) is 0 Å². The van der Waals surface area contributed by atoms with Crippen LogP contribution in [0.15, 0.2) is 0 Å². The third-order valence-corrected chi connectivity index (χ3v) is 3.56. The van der Waals surface area contributed by atoms with Gasteiger partial charge in [-0.15, -0.1) is 0 Å². The van der Waals surface area contributed by atoms with Crippen molar-refractivity contribution in [2.75, 3.05) is 31.9 Å². The molecule has 0 rings (SSSR count). The maximum Gasteiger partial charge on any atom is 0.129 e. The summed E-state index contributed by atoms with van der Waals surface area (Å²) in [6.45, 7) is 3.34. The zero-order valence-electron chi connectivity index (χ0n) is 8.88. The highest BCUT2D eigenvalue weighted by Crippen LogP contribution is 2.20. The lowest BCUT2D eigenvalue weighted by Gasteiger charge is -2.02. The van der Waals surface area contributed by atoms with Crippen molar-refractivity contribution >= 4 is 27.4 Å². The first-order valence-corrected chi connectivity index (χ1v) is 7.22. The first-order valence-electron chi connectivity index (χ1n) is 4.73. The van der Waals surface area contributed by atoms with E-state index < -0.39 is 0 Å². The number of hydrogen-bond donors (Lipinski definition) is 1. The SMILES string of the molecule is CNCCSSCOCCCC(C)=O. The Kier molecular flexibility index (Phi) is 11.6. The number of carbonyl (C=O) groups excluding carboxylic acids is 1. The van der Waals surface area contributed by atoms with Crippen LogP contribution in [0.2, 0.25) is 0 Å². The van der Waals surface area contributed by atoms with Crippen molar-refractivity contribution in [3.8, 4) is 0 Å². The van der Waals surface area contributed by atoms with Gasteiger partial charge in [0.25, 0.3) is 0 Å². The number of ketones is 1. The average Bonchev–Trinajstić information content (AvgIpc) is 2.15. The molecule has 0 aliphatic rings. The topological polar surface area (TPSA) is 38.3 Å². The summed E-state index contributed by atoms with van der Waals surface area (Å²) in [4.78, 5) is 10.6. The smallest absolute Gasteiger partial charge is 0.129 e. The average molecular weight is 237 g/mol. The van der Waals surface area contributed by atoms with Crippen LogP contribution < -0.4 is 5.32 Å². The van der Waals surface area contributed by atoms with E-state index in [0.29, 0.717) is 19.0 Å². The van der Waals surface area contributed by atoms with Crippen LogP contribution in [0.3, 0.4) is 0 Å². The molecular formula is C9H19NO2S2. The Hall–Kier alpha value is 0.290. The van der Waals surface area contributed by atoms with Gasteiger partial charge in [-0.2, -0.15) is 0 Å². The molecule has 0 bridgehead atoms. The summed E-state index contributed by atoms with van der Waals surface area (Å²) in [6, 6.07) is 0. The molecule has 0 atom stereocenters. The van der Waals surface area contributed by atoms with Crippen LogP contribution in [-0.2, 0) is 9.53 Å². The van der Waals surface area contributed by atoms with Crippen molar-refractivity contribution in [3.63, 3.8) is 0 Å². The molecule has 0 fully saturated rings. The van der Waals surface area contributed by atoms with Gasteiger partial charge >= 0.3 is 0 Å². The lowest BCUT2D eigenvalue weighted by Crippen LogP contribution is -2.09. The number of nitrogens with one attached hydrogen (secondary N) is 1. The van der Waals surface area contributed by atoms with Crippen molar-refractivity contribution in [1.82, 2.24) is 5.32 Å². The molecule has 1 N–H and O–H groups in total. The van der Waals surface area contributed by atoms with Crippen LogP contribution in [0.1, 0.15) is 19.8 Å². The lowest BCUT2D eigenvalue weighted by molar-refractivity contribution is -0.117. The Morgan fingerprint density at radius 3 is 2.86 bits per heavy atom. The second kappa shape index (κ2) is 11.4. The van der Waals surface area contributed by atoms with Crippen molar-refractivity contribution in [2.24, 2.45) is 0 Å². The van der Waals surface area contributed by atoms with E-state index in [-0.39, 0.29) is 5.78 Å². The monoisotopic (exact) mass is 237 g/mol. The summed E-state index contributed by atoms with van der Waals surface area (Å²) < 4.78 is 5.33. The Bertz CT molecular complexity index is 145. The summed E-state index contributed by atoms with van der Waals surface area (Å²) >= 11 is 0. The van der Waals surface area contributed by atoms with Gasteiger partial charge in [-0.3, -0.25) is 0 Å². The summed E-state index contributed by atoms with van der Waals surface area (Å²) in [6.07, 6.45) is 1.48. The standard InChI is InChI=1S/C9H19NO2S2/c1-9(11)4-3-6-12-8-14-13-7-5-10-2/h10H,3-8H2,1-2H3. The van der Waals surface area contributed by atoms with E-state index >= 15 is 0 Å². The van der Waals surface area contributed by atoms with Gasteiger partial charge in [0.15, 0.2) is 0 Å². The van der Waals surface area contributed by atoms with Crippen LogP contribution in [0.25, 0.3) is 0 Å². The molecule has 0 saturated heterocycles. The minimum atomic E-state index is 0.240. The zero-order valence-corrected chi connectivity index (χ0v) is 10.5. The van der Waals surface area contributed by atoms with Gasteiger partial charge in [-0.25, -0.2) is 0 Å². The molecule has 0 amide bonds. The minimum absolute atomic E-state index is 0.240. The largest absolute Gasteiger partial charge is 0.370 e. The maximum absolute atomic E-state index is 10.6. The van der Waals surface area contributed by atoms with Gasteiger partial charge in [-0.1, -0.05) is 21.6 Å². The third kappa shape index (κ3) is 12.3. The number of Topliss-reactive ketones (excluding diaryl/α,β-unsaturated/α-hetero) is 1. The Morgan fingerprint density at radius 1 is 1.43 bits per heavy atom. The number of hydrogen-bond acceptors (Lipinski definition) is 5. The van der Waals surface area contributed by atoms with E-state index in [1.807, 2.05) is 7.05 Å². The summed E-state index contributed by atoms with van der Waals surface area (Å²) in [5, 5.41) is 3.08. The first kappa shape index (κ1) is 14.3. The molecule has 0 aromatic carbocycles. The van der Waals surface area contributed by atoms with Gasteiger partial charge in [0.2, 0.25) is 0 Å². The Balaban J connectivity index is 2.88. The van der Waals surface area contributed by atoms with Gasteiger partial charge in [0.05, 0.1) is 0 Å². The van der Waals surface area contributed by atoms with Crippen LogP contribution in [0.4, 0.5) is 0 Å². The number of ether oxygens (including phenoxy) is 1. The number of rotatable bonds is 10. The highest BCUT2D eigenvalue weighted by Gasteiger charge is 1.94. The van der Waals surface area contributed by atoms with Crippen molar-refractivity contribution in [1.29, 1.82) is 0 Å². The molecule has 14 heavy (non-hydrogen) atoms. The molecule has 0 aliphatic heterocycles. The van der Waals surface area contributed by atoms with Crippen LogP contribution in [-0.4, -0.2) is 37.7 Å². The molecule has 0 unspecified atom stereocenters. The van der Waals surface area contributed by atoms with E-state index in [0.717, 1.165) is 18.7 Å². The zero-order chi connectivity index (χ0) is 10.6. The van der Waals surface area contributed by atoms with E-state index in [4.69, 9.17) is 4.74 Å². The molecule has 0 radical (unpaired) electrons. The lowest BCUT2D eigenvalue weighted by atomic mass is 10.2. The van der Waals surface area contributed by atoms with Gasteiger partial charge < -0.3 is 14.8 Å². The molecule has 0 aliphatic carbocycles. The summed E-state index contributed by atoms with van der Waals surface area (Å²) in [5.74, 6) is 2.05. The fraction of sp³-hybridized carbons (Fsp3) is 0.889. The van der Waals surface area contributed by atoms with Gasteiger partial charge in [-0.05, 0) is 20.4 Å². The molecule has 0 aromatic rings. The quantitative estimate of drug-likeness (QED) is 0.357. The molecule has 0 spiro atoms. The highest BCUT2D eigenvalue weighted by molar-refractivity contribution is 8.76. The molecule has 3 nitrogen and oxygen atoms in total. The molecule has 5 heteroatoms. The van der Waals surface area contributed by atoms with Crippen LogP contribution >= 0.6 is 21.6 Å². The minimum Gasteiger partial charge on any atom is -0.370 e. The van der Waals surface area contributed by atoms with Crippen LogP contribution in [0, 0.1) is 0 Å². The fourth-order valence-corrected chi connectivity index (χ4v) is 2.42. The molecule has 84 valence electrons. The molecule has 0 heterocycles. The molecule has 0 aromatic heterocycles.